The molecule has 1 saturated heterocycles. The molecule has 0 saturated carbocycles. The quantitative estimate of drug-likeness (QED) is 0.644. The van der Waals surface area contributed by atoms with Gasteiger partial charge in [-0.1, -0.05) is 11.6 Å². The lowest BCUT2D eigenvalue weighted by Gasteiger charge is -2.38. The van der Waals surface area contributed by atoms with Gasteiger partial charge in [0, 0.05) is 31.0 Å². The lowest BCUT2D eigenvalue weighted by molar-refractivity contribution is -0.197. The number of halogens is 1. The third-order valence-corrected chi connectivity index (χ3v) is 5.75. The van der Waals surface area contributed by atoms with Crippen LogP contribution in [-0.4, -0.2) is 42.3 Å². The van der Waals surface area contributed by atoms with Crippen LogP contribution >= 0.6 is 11.6 Å². The van der Waals surface area contributed by atoms with Crippen LogP contribution in [0, 0.1) is 19.3 Å². The van der Waals surface area contributed by atoms with E-state index in [0.717, 1.165) is 11.1 Å². The third kappa shape index (κ3) is 4.27. The van der Waals surface area contributed by atoms with Crippen LogP contribution in [0.25, 0.3) is 5.57 Å². The minimum Gasteiger partial charge on any atom is -0.447 e. The fraction of sp³-hybridized carbons (Fsp3) is 0.565. The molecule has 0 bridgehead atoms. The van der Waals surface area contributed by atoms with Gasteiger partial charge in [-0.25, -0.2) is 4.79 Å². The summed E-state index contributed by atoms with van der Waals surface area (Å²) >= 11 is 6.20. The normalized spacial score (nSPS) is 19.4. The molecule has 1 fully saturated rings. The molecule has 2 heterocycles. The summed E-state index contributed by atoms with van der Waals surface area (Å²) in [6, 6.07) is 3.60. The van der Waals surface area contributed by atoms with Gasteiger partial charge in [0.25, 0.3) is 0 Å². The number of rotatable bonds is 4. The van der Waals surface area contributed by atoms with Crippen LogP contribution in [0.15, 0.2) is 17.9 Å². The summed E-state index contributed by atoms with van der Waals surface area (Å²) in [5.74, 6) is -0.550. The number of hydrogen-bond donors (Lipinski definition) is 0. The number of nitrogens with zero attached hydrogens (tertiary/aromatic N) is 1. The van der Waals surface area contributed by atoms with Crippen LogP contribution in [0.2, 0.25) is 5.02 Å². The Bertz CT molecular complexity index is 868. The Balaban J connectivity index is 2.12. The van der Waals surface area contributed by atoms with Crippen molar-refractivity contribution in [3.63, 3.8) is 0 Å². The summed E-state index contributed by atoms with van der Waals surface area (Å²) in [6.45, 7) is 12.8. The summed E-state index contributed by atoms with van der Waals surface area (Å²) in [5, 5.41) is 2.45. The Morgan fingerprint density at radius 2 is 1.77 bits per heavy atom. The van der Waals surface area contributed by atoms with Crippen molar-refractivity contribution in [3.05, 3.63) is 39.6 Å². The second-order valence-corrected chi connectivity index (χ2v) is 9.43. The van der Waals surface area contributed by atoms with Gasteiger partial charge >= 0.3 is 11.9 Å². The van der Waals surface area contributed by atoms with Crippen LogP contribution in [-0.2, 0) is 23.9 Å². The molecule has 6 nitrogen and oxygen atoms in total. The minimum atomic E-state index is -0.973. The summed E-state index contributed by atoms with van der Waals surface area (Å²) in [7, 11) is 0. The van der Waals surface area contributed by atoms with E-state index in [1.54, 1.807) is 32.9 Å². The molecule has 3 rings (SSSR count). The van der Waals surface area contributed by atoms with Gasteiger partial charge in [-0.2, -0.15) is 5.06 Å². The van der Waals surface area contributed by atoms with E-state index in [4.69, 9.17) is 25.9 Å². The molecular weight excluding hydrogens is 406 g/mol. The Morgan fingerprint density at radius 1 is 1.20 bits per heavy atom. The highest BCUT2D eigenvalue weighted by Gasteiger charge is 2.53. The molecular formula is C23H30ClNO5. The van der Waals surface area contributed by atoms with Crippen molar-refractivity contribution in [2.45, 2.75) is 60.0 Å². The molecule has 7 heteroatoms. The average molecular weight is 436 g/mol. The molecule has 2 aliphatic heterocycles. The van der Waals surface area contributed by atoms with E-state index in [1.165, 1.54) is 0 Å². The number of benzene rings is 1. The van der Waals surface area contributed by atoms with Gasteiger partial charge in [-0.05, 0) is 70.4 Å². The van der Waals surface area contributed by atoms with E-state index in [2.05, 4.69) is 0 Å². The molecule has 0 atom stereocenters. The van der Waals surface area contributed by atoms with E-state index in [9.17, 15) is 9.59 Å². The van der Waals surface area contributed by atoms with Crippen LogP contribution < -0.4 is 0 Å². The Morgan fingerprint density at radius 3 is 2.27 bits per heavy atom. The fourth-order valence-corrected chi connectivity index (χ4v) is 4.32. The number of hydroxylamine groups is 2. The highest BCUT2D eigenvalue weighted by Crippen LogP contribution is 2.47. The molecule has 2 aliphatic rings. The van der Waals surface area contributed by atoms with Crippen molar-refractivity contribution in [1.29, 1.82) is 0 Å². The Kier molecular flexibility index (Phi) is 6.33. The lowest BCUT2D eigenvalue weighted by Crippen LogP contribution is -2.47. The van der Waals surface area contributed by atoms with Crippen molar-refractivity contribution >= 4 is 29.1 Å². The zero-order chi connectivity index (χ0) is 22.3. The number of piperidine rings is 1. The van der Waals surface area contributed by atoms with Crippen LogP contribution in [0.3, 0.4) is 0 Å². The molecule has 0 radical (unpaired) electrons. The molecule has 0 amide bonds. The van der Waals surface area contributed by atoms with Crippen LogP contribution in [0.4, 0.5) is 0 Å². The number of carbonyl (C=O) groups excluding carboxylic acids is 2. The van der Waals surface area contributed by atoms with Crippen molar-refractivity contribution in [2.75, 3.05) is 19.7 Å². The maximum Gasteiger partial charge on any atom is 0.343 e. The second-order valence-electron chi connectivity index (χ2n) is 8.99. The molecule has 0 N–H and O–H groups in total. The van der Waals surface area contributed by atoms with Gasteiger partial charge in [-0.15, -0.1) is 0 Å². The molecule has 1 aromatic rings. The van der Waals surface area contributed by atoms with Crippen molar-refractivity contribution in [3.8, 4) is 0 Å². The maximum atomic E-state index is 13.1. The molecule has 1 spiro atoms. The zero-order valence-corrected chi connectivity index (χ0v) is 19.3. The predicted molar refractivity (Wildman–Crippen MR) is 115 cm³/mol. The van der Waals surface area contributed by atoms with E-state index in [1.807, 2.05) is 25.8 Å². The van der Waals surface area contributed by atoms with Crippen LogP contribution in [0.5, 0.6) is 0 Å². The van der Waals surface area contributed by atoms with Gasteiger partial charge in [0.2, 0.25) is 0 Å². The molecule has 0 aliphatic carbocycles. The van der Waals surface area contributed by atoms with E-state index < -0.39 is 23.0 Å². The molecule has 0 unspecified atom stereocenters. The number of ether oxygens (including phenoxy) is 2. The SMILES string of the molecule is CCON1CCC2(CC1)OC(=O)C(c1c(C)cc(Cl)cc1C)=C2OC(=O)C(C)(C)C. The van der Waals surface area contributed by atoms with E-state index >= 15 is 0 Å². The Hall–Kier alpha value is -1.89. The summed E-state index contributed by atoms with van der Waals surface area (Å²) in [4.78, 5) is 31.6. The first-order chi connectivity index (χ1) is 14.0. The number of aryl methyl sites for hydroxylation is 2. The smallest absolute Gasteiger partial charge is 0.343 e. The highest BCUT2D eigenvalue weighted by molar-refractivity contribution is 6.31. The summed E-state index contributed by atoms with van der Waals surface area (Å²) < 4.78 is 11.9. The molecule has 164 valence electrons. The first-order valence-electron chi connectivity index (χ1n) is 10.3. The predicted octanol–water partition coefficient (Wildman–Crippen LogP) is 4.60. The van der Waals surface area contributed by atoms with Gasteiger partial charge in [-0.3, -0.25) is 9.63 Å². The van der Waals surface area contributed by atoms with Crippen molar-refractivity contribution in [1.82, 2.24) is 5.06 Å². The minimum absolute atomic E-state index is 0.317. The van der Waals surface area contributed by atoms with Crippen molar-refractivity contribution in [2.24, 2.45) is 5.41 Å². The van der Waals surface area contributed by atoms with Gasteiger partial charge in [0.1, 0.15) is 5.57 Å². The Labute approximate surface area is 183 Å². The lowest BCUT2D eigenvalue weighted by atomic mass is 9.86. The largest absolute Gasteiger partial charge is 0.447 e. The first-order valence-corrected chi connectivity index (χ1v) is 10.7. The first kappa shape index (κ1) is 22.8. The number of esters is 2. The fourth-order valence-electron chi connectivity index (χ4n) is 3.99. The topological polar surface area (TPSA) is 65.1 Å². The monoisotopic (exact) mass is 435 g/mol. The average Bonchev–Trinajstić information content (AvgIpc) is 2.88. The summed E-state index contributed by atoms with van der Waals surface area (Å²) in [5.41, 5.74) is 1.01. The molecule has 30 heavy (non-hydrogen) atoms. The van der Waals surface area contributed by atoms with Crippen molar-refractivity contribution < 1.29 is 23.9 Å². The highest BCUT2D eigenvalue weighted by atomic mass is 35.5. The number of hydrogen-bond acceptors (Lipinski definition) is 6. The standard InChI is InChI=1S/C23H30ClNO5/c1-7-28-25-10-8-23(9-11-25)19(29-21(27)22(4,5)6)18(20(26)30-23)17-14(2)12-16(24)13-15(17)3/h12-13H,7-11H2,1-6H3. The molecule has 1 aromatic carbocycles. The third-order valence-electron chi connectivity index (χ3n) is 5.53. The number of carbonyl (C=O) groups is 2. The zero-order valence-electron chi connectivity index (χ0n) is 18.6. The van der Waals surface area contributed by atoms with Crippen LogP contribution in [0.1, 0.15) is 57.2 Å². The second kappa shape index (κ2) is 8.33. The van der Waals surface area contributed by atoms with Gasteiger partial charge in [0.15, 0.2) is 11.4 Å². The molecule has 0 aromatic heterocycles. The van der Waals surface area contributed by atoms with E-state index in [0.29, 0.717) is 54.5 Å². The summed E-state index contributed by atoms with van der Waals surface area (Å²) in [6.07, 6.45) is 0.974. The van der Waals surface area contributed by atoms with Gasteiger partial charge in [0.05, 0.1) is 12.0 Å². The van der Waals surface area contributed by atoms with E-state index in [-0.39, 0.29) is 0 Å². The van der Waals surface area contributed by atoms with Gasteiger partial charge < -0.3 is 9.47 Å². The maximum absolute atomic E-state index is 13.1.